The summed E-state index contributed by atoms with van der Waals surface area (Å²) in [4.78, 5) is 0. The first-order valence-electron chi connectivity index (χ1n) is 6.10. The molecular weight excluding hydrogens is 184 g/mol. The van der Waals surface area contributed by atoms with E-state index in [1.54, 1.807) is 6.07 Å². The quantitative estimate of drug-likeness (QED) is 0.717. The summed E-state index contributed by atoms with van der Waals surface area (Å²) in [5.41, 5.74) is 1.33. The monoisotopic (exact) mass is 204 g/mol. The first-order valence-corrected chi connectivity index (χ1v) is 6.10. The van der Waals surface area contributed by atoms with Crippen LogP contribution in [0.4, 0.5) is 0 Å². The fraction of sp³-hybridized carbons (Fsp3) is 0.571. The van der Waals surface area contributed by atoms with Crippen molar-refractivity contribution < 1.29 is 5.11 Å². The summed E-state index contributed by atoms with van der Waals surface area (Å²) in [5, 5.41) is 9.39. The van der Waals surface area contributed by atoms with E-state index in [-0.39, 0.29) is 0 Å². The molecule has 0 saturated heterocycles. The summed E-state index contributed by atoms with van der Waals surface area (Å²) in [6.45, 7) is 2.25. The zero-order valence-electron chi connectivity index (χ0n) is 9.45. The molecule has 0 aromatic heterocycles. The number of phenols is 1. The highest BCUT2D eigenvalue weighted by Gasteiger charge is 2.37. The molecule has 0 spiro atoms. The van der Waals surface area contributed by atoms with Gasteiger partial charge < -0.3 is 5.11 Å². The van der Waals surface area contributed by atoms with E-state index in [9.17, 15) is 5.11 Å². The third-order valence-electron chi connectivity index (χ3n) is 3.40. The summed E-state index contributed by atoms with van der Waals surface area (Å²) >= 11 is 0. The highest BCUT2D eigenvalue weighted by Crippen LogP contribution is 2.50. The Morgan fingerprint density at radius 1 is 1.33 bits per heavy atom. The van der Waals surface area contributed by atoms with Crippen molar-refractivity contribution >= 4 is 0 Å². The van der Waals surface area contributed by atoms with E-state index in [2.05, 4.69) is 13.0 Å². The van der Waals surface area contributed by atoms with Gasteiger partial charge in [0.05, 0.1) is 0 Å². The Hall–Kier alpha value is -0.980. The van der Waals surface area contributed by atoms with Gasteiger partial charge in [-0.3, -0.25) is 0 Å². The largest absolute Gasteiger partial charge is 0.508 e. The van der Waals surface area contributed by atoms with Crippen molar-refractivity contribution in [3.63, 3.8) is 0 Å². The van der Waals surface area contributed by atoms with Crippen LogP contribution >= 0.6 is 0 Å². The lowest BCUT2D eigenvalue weighted by atomic mass is 10.1. The van der Waals surface area contributed by atoms with Crippen LogP contribution < -0.4 is 0 Å². The van der Waals surface area contributed by atoms with Crippen LogP contribution in [0.2, 0.25) is 0 Å². The van der Waals surface area contributed by atoms with Crippen LogP contribution in [0.1, 0.15) is 50.5 Å². The van der Waals surface area contributed by atoms with E-state index in [4.69, 9.17) is 0 Å². The Balaban J connectivity index is 1.83. The zero-order chi connectivity index (χ0) is 10.7. The second kappa shape index (κ2) is 4.69. The lowest BCUT2D eigenvalue weighted by Gasteiger charge is -2.01. The molecule has 15 heavy (non-hydrogen) atoms. The minimum absolute atomic E-state index is 0.409. The molecule has 1 fully saturated rings. The standard InChI is InChI=1S/C14H20O/c1-2-3-4-6-12-10-14(12)11-7-5-8-13(15)9-11/h5,7-9,12,14-15H,2-4,6,10H2,1H3. The Kier molecular flexibility index (Phi) is 3.30. The predicted octanol–water partition coefficient (Wildman–Crippen LogP) is 4.08. The van der Waals surface area contributed by atoms with Gasteiger partial charge in [-0.05, 0) is 42.4 Å². The first kappa shape index (κ1) is 10.5. The van der Waals surface area contributed by atoms with Crippen LogP contribution in [-0.4, -0.2) is 5.11 Å². The fourth-order valence-corrected chi connectivity index (χ4v) is 2.39. The number of unbranched alkanes of at least 4 members (excludes halogenated alkanes) is 2. The zero-order valence-corrected chi connectivity index (χ0v) is 9.45. The molecule has 1 aromatic rings. The highest BCUT2D eigenvalue weighted by molar-refractivity contribution is 5.33. The van der Waals surface area contributed by atoms with Crippen LogP contribution in [0.5, 0.6) is 5.75 Å². The van der Waals surface area contributed by atoms with E-state index in [1.807, 2.05) is 12.1 Å². The molecule has 2 atom stereocenters. The van der Waals surface area contributed by atoms with Gasteiger partial charge >= 0.3 is 0 Å². The summed E-state index contributed by atoms with van der Waals surface area (Å²) in [5.74, 6) is 2.03. The van der Waals surface area contributed by atoms with Gasteiger partial charge in [0.2, 0.25) is 0 Å². The number of benzene rings is 1. The maximum atomic E-state index is 9.39. The molecule has 1 N–H and O–H groups in total. The third-order valence-corrected chi connectivity index (χ3v) is 3.40. The minimum atomic E-state index is 0.409. The van der Waals surface area contributed by atoms with Gasteiger partial charge in [-0.2, -0.15) is 0 Å². The maximum Gasteiger partial charge on any atom is 0.115 e. The molecule has 82 valence electrons. The maximum absolute atomic E-state index is 9.39. The number of hydrogen-bond acceptors (Lipinski definition) is 1. The molecule has 1 saturated carbocycles. The van der Waals surface area contributed by atoms with Gasteiger partial charge in [-0.25, -0.2) is 0 Å². The van der Waals surface area contributed by atoms with Crippen molar-refractivity contribution in [2.45, 2.75) is 44.9 Å². The molecule has 0 bridgehead atoms. The Morgan fingerprint density at radius 3 is 2.93 bits per heavy atom. The number of phenolic OH excluding ortho intramolecular Hbond substituents is 1. The molecule has 0 heterocycles. The summed E-state index contributed by atoms with van der Waals surface area (Å²) < 4.78 is 0. The number of aromatic hydroxyl groups is 1. The van der Waals surface area contributed by atoms with Gasteiger partial charge in [-0.1, -0.05) is 38.3 Å². The lowest BCUT2D eigenvalue weighted by molar-refractivity contribution is 0.474. The second-order valence-electron chi connectivity index (χ2n) is 4.69. The molecule has 1 aliphatic carbocycles. The van der Waals surface area contributed by atoms with Gasteiger partial charge in [-0.15, -0.1) is 0 Å². The van der Waals surface area contributed by atoms with Crippen LogP contribution in [0.15, 0.2) is 24.3 Å². The molecule has 2 rings (SSSR count). The fourth-order valence-electron chi connectivity index (χ4n) is 2.39. The van der Waals surface area contributed by atoms with Gasteiger partial charge in [0.15, 0.2) is 0 Å². The third kappa shape index (κ3) is 2.74. The first-order chi connectivity index (χ1) is 7.31. The highest BCUT2D eigenvalue weighted by atomic mass is 16.3. The van der Waals surface area contributed by atoms with Crippen LogP contribution in [0, 0.1) is 5.92 Å². The molecule has 2 unspecified atom stereocenters. The molecule has 0 radical (unpaired) electrons. The molecule has 0 amide bonds. The van der Waals surface area contributed by atoms with E-state index in [0.29, 0.717) is 5.75 Å². The lowest BCUT2D eigenvalue weighted by Crippen LogP contribution is -1.84. The van der Waals surface area contributed by atoms with Gasteiger partial charge in [0, 0.05) is 0 Å². The predicted molar refractivity (Wildman–Crippen MR) is 63.1 cm³/mol. The summed E-state index contributed by atoms with van der Waals surface area (Å²) in [6.07, 6.45) is 6.74. The van der Waals surface area contributed by atoms with Crippen molar-refractivity contribution in [1.29, 1.82) is 0 Å². The molecule has 1 aromatic carbocycles. The number of rotatable bonds is 5. The Bertz CT molecular complexity index is 319. The van der Waals surface area contributed by atoms with E-state index < -0.39 is 0 Å². The summed E-state index contributed by atoms with van der Waals surface area (Å²) in [7, 11) is 0. The normalized spacial score (nSPS) is 24.1. The van der Waals surface area contributed by atoms with E-state index in [1.165, 1.54) is 37.7 Å². The van der Waals surface area contributed by atoms with Crippen LogP contribution in [0.25, 0.3) is 0 Å². The molecule has 1 nitrogen and oxygen atoms in total. The van der Waals surface area contributed by atoms with E-state index in [0.717, 1.165) is 11.8 Å². The number of hydrogen-bond donors (Lipinski definition) is 1. The topological polar surface area (TPSA) is 20.2 Å². The second-order valence-corrected chi connectivity index (χ2v) is 4.69. The molecule has 1 aliphatic rings. The average Bonchev–Trinajstić information content (AvgIpc) is 2.98. The van der Waals surface area contributed by atoms with Crippen molar-refractivity contribution in [2.24, 2.45) is 5.92 Å². The van der Waals surface area contributed by atoms with Crippen molar-refractivity contribution in [2.75, 3.05) is 0 Å². The van der Waals surface area contributed by atoms with Crippen molar-refractivity contribution in [1.82, 2.24) is 0 Å². The average molecular weight is 204 g/mol. The molecule has 1 heteroatoms. The molecular formula is C14H20O. The minimum Gasteiger partial charge on any atom is -0.508 e. The van der Waals surface area contributed by atoms with Crippen LogP contribution in [0.3, 0.4) is 0 Å². The van der Waals surface area contributed by atoms with Gasteiger partial charge in [0.25, 0.3) is 0 Å². The van der Waals surface area contributed by atoms with Gasteiger partial charge in [0.1, 0.15) is 5.75 Å². The van der Waals surface area contributed by atoms with Crippen molar-refractivity contribution in [3.05, 3.63) is 29.8 Å². The summed E-state index contributed by atoms with van der Waals surface area (Å²) in [6, 6.07) is 7.76. The van der Waals surface area contributed by atoms with Crippen molar-refractivity contribution in [3.8, 4) is 5.75 Å². The van der Waals surface area contributed by atoms with Crippen LogP contribution in [-0.2, 0) is 0 Å². The Labute approximate surface area is 92.1 Å². The van der Waals surface area contributed by atoms with E-state index >= 15 is 0 Å². The SMILES string of the molecule is CCCCCC1CC1c1cccc(O)c1. The molecule has 0 aliphatic heterocycles. The smallest absolute Gasteiger partial charge is 0.115 e. The Morgan fingerprint density at radius 2 is 2.20 bits per heavy atom.